The van der Waals surface area contributed by atoms with Crippen LogP contribution in [0.3, 0.4) is 0 Å². The van der Waals surface area contributed by atoms with Crippen LogP contribution in [-0.2, 0) is 0 Å². The van der Waals surface area contributed by atoms with E-state index in [-0.39, 0.29) is 0 Å². The maximum absolute atomic E-state index is 5.28. The second-order valence-electron chi connectivity index (χ2n) is 5.82. The molecule has 0 radical (unpaired) electrons. The lowest BCUT2D eigenvalue weighted by Gasteiger charge is -2.27. The van der Waals surface area contributed by atoms with Gasteiger partial charge in [-0.3, -0.25) is 0 Å². The van der Waals surface area contributed by atoms with Crippen molar-refractivity contribution in [2.75, 3.05) is 7.11 Å². The quantitative estimate of drug-likeness (QED) is 0.684. The van der Waals surface area contributed by atoms with Gasteiger partial charge in [0.05, 0.1) is 7.11 Å². The van der Waals surface area contributed by atoms with Crippen molar-refractivity contribution in [3.8, 4) is 5.75 Å². The lowest BCUT2D eigenvalue weighted by molar-refractivity contribution is 0.376. The van der Waals surface area contributed by atoms with Crippen LogP contribution in [0.2, 0.25) is 0 Å². The molecule has 2 aromatic carbocycles. The second-order valence-corrected chi connectivity index (χ2v) is 5.82. The summed E-state index contributed by atoms with van der Waals surface area (Å²) >= 11 is 0. The Bertz CT molecular complexity index is 606. The van der Waals surface area contributed by atoms with Crippen LogP contribution in [-0.4, -0.2) is 7.11 Å². The summed E-state index contributed by atoms with van der Waals surface area (Å²) in [5.41, 5.74) is 1.49. The minimum atomic E-state index is 0.720. The van der Waals surface area contributed by atoms with Gasteiger partial charge < -0.3 is 4.74 Å². The largest absolute Gasteiger partial charge is 0.497 e. The minimum absolute atomic E-state index is 0.720. The molecule has 0 N–H and O–H groups in total. The van der Waals surface area contributed by atoms with Crippen LogP contribution in [0.5, 0.6) is 5.75 Å². The highest BCUT2D eigenvalue weighted by atomic mass is 16.5. The van der Waals surface area contributed by atoms with Crippen molar-refractivity contribution in [3.05, 3.63) is 54.6 Å². The van der Waals surface area contributed by atoms with E-state index in [1.807, 2.05) is 6.07 Å². The van der Waals surface area contributed by atoms with E-state index in [1.54, 1.807) is 7.11 Å². The molecule has 1 heteroatoms. The van der Waals surface area contributed by atoms with Gasteiger partial charge in [0.25, 0.3) is 0 Å². The van der Waals surface area contributed by atoms with Gasteiger partial charge >= 0.3 is 0 Å². The summed E-state index contributed by atoms with van der Waals surface area (Å²) in [6, 6.07) is 13.2. The van der Waals surface area contributed by atoms with Crippen LogP contribution in [0.25, 0.3) is 10.8 Å². The number of methoxy groups -OCH3 is 1. The van der Waals surface area contributed by atoms with Crippen molar-refractivity contribution in [1.29, 1.82) is 0 Å². The molecule has 1 aliphatic rings. The fourth-order valence-corrected chi connectivity index (χ4v) is 3.31. The van der Waals surface area contributed by atoms with Crippen LogP contribution >= 0.6 is 0 Å². The Balaban J connectivity index is 1.84. The van der Waals surface area contributed by atoms with Crippen LogP contribution in [0.1, 0.15) is 37.2 Å². The van der Waals surface area contributed by atoms with E-state index in [0.717, 1.165) is 17.6 Å². The number of rotatable bonds is 3. The third-order valence-electron chi connectivity index (χ3n) is 4.65. The van der Waals surface area contributed by atoms with E-state index < -0.39 is 0 Å². The molecule has 0 saturated heterocycles. The highest BCUT2D eigenvalue weighted by molar-refractivity contribution is 5.84. The topological polar surface area (TPSA) is 9.23 Å². The van der Waals surface area contributed by atoms with Crippen molar-refractivity contribution < 1.29 is 4.74 Å². The number of benzene rings is 2. The lowest BCUT2D eigenvalue weighted by Crippen LogP contribution is -2.11. The molecule has 1 saturated carbocycles. The summed E-state index contributed by atoms with van der Waals surface area (Å²) in [6.45, 7) is 3.93. The first-order chi connectivity index (χ1) is 9.80. The van der Waals surface area contributed by atoms with E-state index in [1.165, 1.54) is 42.0 Å². The molecule has 3 rings (SSSR count). The third kappa shape index (κ3) is 2.58. The first-order valence-corrected chi connectivity index (χ1v) is 7.50. The zero-order chi connectivity index (χ0) is 13.9. The van der Waals surface area contributed by atoms with E-state index in [2.05, 4.69) is 43.0 Å². The molecule has 104 valence electrons. The highest BCUT2D eigenvalue weighted by Gasteiger charge is 2.20. The summed E-state index contributed by atoms with van der Waals surface area (Å²) in [6.07, 6.45) is 7.28. The smallest absolute Gasteiger partial charge is 0.119 e. The molecular formula is C19H22O. The van der Waals surface area contributed by atoms with Gasteiger partial charge in [-0.15, -0.1) is 6.58 Å². The summed E-state index contributed by atoms with van der Waals surface area (Å²) in [5.74, 6) is 2.38. The van der Waals surface area contributed by atoms with Crippen LogP contribution in [0, 0.1) is 5.92 Å². The van der Waals surface area contributed by atoms with Gasteiger partial charge in [0, 0.05) is 0 Å². The van der Waals surface area contributed by atoms with Gasteiger partial charge in [-0.2, -0.15) is 0 Å². The summed E-state index contributed by atoms with van der Waals surface area (Å²) in [4.78, 5) is 0. The molecule has 20 heavy (non-hydrogen) atoms. The van der Waals surface area contributed by atoms with Crippen molar-refractivity contribution in [2.24, 2.45) is 5.92 Å². The van der Waals surface area contributed by atoms with E-state index in [0.29, 0.717) is 0 Å². The molecule has 1 aliphatic carbocycles. The predicted octanol–water partition coefficient (Wildman–Crippen LogP) is 5.31. The molecule has 0 heterocycles. The van der Waals surface area contributed by atoms with Gasteiger partial charge in [0.15, 0.2) is 0 Å². The summed E-state index contributed by atoms with van der Waals surface area (Å²) in [5, 5.41) is 2.57. The number of allylic oxidation sites excluding steroid dienone is 1. The molecule has 0 unspecified atom stereocenters. The molecule has 1 nitrogen and oxygen atoms in total. The Kier molecular flexibility index (Phi) is 3.77. The lowest BCUT2D eigenvalue weighted by atomic mass is 9.78. The number of ether oxygens (including phenoxy) is 1. The SMILES string of the molecule is C=C[C@H]1CC[C@H](c2ccc3cc(OC)ccc3c2)CC1. The zero-order valence-corrected chi connectivity index (χ0v) is 12.1. The summed E-state index contributed by atoms with van der Waals surface area (Å²) in [7, 11) is 1.72. The second kappa shape index (κ2) is 5.70. The molecule has 0 amide bonds. The Morgan fingerprint density at radius 3 is 2.40 bits per heavy atom. The predicted molar refractivity (Wildman–Crippen MR) is 85.4 cm³/mol. The fourth-order valence-electron chi connectivity index (χ4n) is 3.31. The molecule has 0 spiro atoms. The maximum atomic E-state index is 5.28. The minimum Gasteiger partial charge on any atom is -0.497 e. The average Bonchev–Trinajstić information content (AvgIpc) is 2.54. The number of fused-ring (bicyclic) bond motifs is 1. The molecule has 1 fully saturated rings. The van der Waals surface area contributed by atoms with Crippen molar-refractivity contribution in [1.82, 2.24) is 0 Å². The summed E-state index contributed by atoms with van der Waals surface area (Å²) < 4.78 is 5.28. The van der Waals surface area contributed by atoms with Crippen LogP contribution in [0.4, 0.5) is 0 Å². The molecule has 2 aromatic rings. The number of hydrogen-bond acceptors (Lipinski definition) is 1. The monoisotopic (exact) mass is 266 g/mol. The van der Waals surface area contributed by atoms with E-state index in [9.17, 15) is 0 Å². The molecular weight excluding hydrogens is 244 g/mol. The Hall–Kier alpha value is -1.76. The van der Waals surface area contributed by atoms with Crippen LogP contribution < -0.4 is 4.74 Å². The molecule has 0 bridgehead atoms. The Labute approximate surface area is 121 Å². The Morgan fingerprint density at radius 1 is 1.00 bits per heavy atom. The highest BCUT2D eigenvalue weighted by Crippen LogP contribution is 2.37. The third-order valence-corrected chi connectivity index (χ3v) is 4.65. The standard InChI is InChI=1S/C19H22O/c1-3-14-4-6-15(7-5-14)16-8-9-18-13-19(20-2)11-10-17(18)12-16/h3,8-15H,1,4-7H2,2H3/t14-,15-. The van der Waals surface area contributed by atoms with E-state index >= 15 is 0 Å². The van der Waals surface area contributed by atoms with Crippen LogP contribution in [0.15, 0.2) is 49.1 Å². The maximum Gasteiger partial charge on any atom is 0.119 e. The zero-order valence-electron chi connectivity index (χ0n) is 12.1. The fraction of sp³-hybridized carbons (Fsp3) is 0.368. The van der Waals surface area contributed by atoms with Gasteiger partial charge in [0.1, 0.15) is 5.75 Å². The van der Waals surface area contributed by atoms with Gasteiger partial charge in [-0.1, -0.05) is 30.3 Å². The van der Waals surface area contributed by atoms with E-state index in [4.69, 9.17) is 4.74 Å². The first kappa shape index (κ1) is 13.2. The van der Waals surface area contributed by atoms with Gasteiger partial charge in [0.2, 0.25) is 0 Å². The Morgan fingerprint density at radius 2 is 1.70 bits per heavy atom. The molecule has 0 aliphatic heterocycles. The van der Waals surface area contributed by atoms with Crippen molar-refractivity contribution in [3.63, 3.8) is 0 Å². The van der Waals surface area contributed by atoms with Crippen molar-refractivity contribution in [2.45, 2.75) is 31.6 Å². The average molecular weight is 266 g/mol. The number of hydrogen-bond donors (Lipinski definition) is 0. The first-order valence-electron chi connectivity index (χ1n) is 7.50. The van der Waals surface area contributed by atoms with Crippen molar-refractivity contribution >= 4 is 10.8 Å². The van der Waals surface area contributed by atoms with Gasteiger partial charge in [-0.25, -0.2) is 0 Å². The molecule has 0 aromatic heterocycles. The normalized spacial score (nSPS) is 22.6. The molecule has 0 atom stereocenters. The van der Waals surface area contributed by atoms with Gasteiger partial charge in [-0.05, 0) is 66.0 Å².